The Labute approximate surface area is 196 Å². The fraction of sp³-hybridized carbons (Fsp3) is 0.360. The fourth-order valence-electron chi connectivity index (χ4n) is 4.63. The molecule has 3 heterocycles. The number of likely N-dealkylation sites (tertiary alicyclic amines) is 1. The monoisotopic (exact) mass is 467 g/mol. The lowest BCUT2D eigenvalue weighted by Gasteiger charge is -2.28. The van der Waals surface area contributed by atoms with Crippen LogP contribution in [-0.2, 0) is 14.3 Å². The van der Waals surface area contributed by atoms with Crippen molar-refractivity contribution in [2.75, 3.05) is 33.5 Å². The summed E-state index contributed by atoms with van der Waals surface area (Å²) in [6.45, 7) is 1.60. The quantitative estimate of drug-likeness (QED) is 0.392. The van der Waals surface area contributed by atoms with Gasteiger partial charge in [-0.1, -0.05) is 6.07 Å². The van der Waals surface area contributed by atoms with Gasteiger partial charge in [-0.25, -0.2) is 0 Å². The predicted octanol–water partition coefficient (Wildman–Crippen LogP) is 2.77. The van der Waals surface area contributed by atoms with Crippen LogP contribution in [0.25, 0.3) is 5.76 Å². The van der Waals surface area contributed by atoms with Crippen molar-refractivity contribution < 1.29 is 38.7 Å². The molecule has 2 aromatic carbocycles. The highest BCUT2D eigenvalue weighted by Gasteiger charge is 2.47. The molecule has 0 saturated carbocycles. The molecule has 34 heavy (non-hydrogen) atoms. The van der Waals surface area contributed by atoms with Crippen molar-refractivity contribution in [1.29, 1.82) is 0 Å². The highest BCUT2D eigenvalue weighted by Crippen LogP contribution is 2.43. The molecule has 9 heteroatoms. The van der Waals surface area contributed by atoms with E-state index in [1.807, 2.05) is 0 Å². The molecule has 2 aromatic rings. The third-order valence-electron chi connectivity index (χ3n) is 6.30. The van der Waals surface area contributed by atoms with E-state index in [4.69, 9.17) is 18.9 Å². The lowest BCUT2D eigenvalue weighted by molar-refractivity contribution is -0.140. The van der Waals surface area contributed by atoms with E-state index in [2.05, 4.69) is 0 Å². The van der Waals surface area contributed by atoms with Gasteiger partial charge in [0.15, 0.2) is 23.0 Å². The number of ketones is 1. The first kappa shape index (κ1) is 22.1. The number of aromatic hydroxyl groups is 1. The molecule has 0 spiro atoms. The molecule has 2 unspecified atom stereocenters. The van der Waals surface area contributed by atoms with Crippen LogP contribution in [0.2, 0.25) is 0 Å². The molecule has 3 aliphatic heterocycles. The Balaban J connectivity index is 1.62. The number of aliphatic hydroxyl groups excluding tert-OH is 1. The van der Waals surface area contributed by atoms with E-state index < -0.39 is 17.7 Å². The number of nitrogens with zero attached hydrogens (tertiary/aromatic N) is 1. The maximum atomic E-state index is 13.2. The molecule has 2 N–H and O–H groups in total. The minimum absolute atomic E-state index is 0.0487. The molecule has 0 bridgehead atoms. The topological polar surface area (TPSA) is 115 Å². The average molecular weight is 467 g/mol. The maximum absolute atomic E-state index is 13.2. The number of rotatable bonds is 5. The molecule has 5 rings (SSSR count). The van der Waals surface area contributed by atoms with Crippen LogP contribution < -0.4 is 14.2 Å². The Bertz CT molecular complexity index is 1170. The molecule has 0 aliphatic carbocycles. The number of methoxy groups -OCH3 is 1. The van der Waals surface area contributed by atoms with Crippen LogP contribution in [0.5, 0.6) is 23.0 Å². The fourth-order valence-corrected chi connectivity index (χ4v) is 4.63. The number of ether oxygens (including phenoxy) is 4. The van der Waals surface area contributed by atoms with Gasteiger partial charge in [0.05, 0.1) is 24.8 Å². The Hall–Kier alpha value is -3.72. The lowest BCUT2D eigenvalue weighted by Crippen LogP contribution is -2.36. The van der Waals surface area contributed by atoms with Gasteiger partial charge in [-0.2, -0.15) is 0 Å². The molecule has 178 valence electrons. The van der Waals surface area contributed by atoms with Gasteiger partial charge in [0.2, 0.25) is 0 Å². The van der Waals surface area contributed by atoms with Crippen molar-refractivity contribution in [3.63, 3.8) is 0 Å². The second kappa shape index (κ2) is 8.90. The van der Waals surface area contributed by atoms with E-state index in [0.29, 0.717) is 42.4 Å². The molecule has 2 fully saturated rings. The molecule has 9 nitrogen and oxygen atoms in total. The largest absolute Gasteiger partial charge is 0.507 e. The van der Waals surface area contributed by atoms with E-state index in [9.17, 15) is 19.8 Å². The first-order valence-corrected chi connectivity index (χ1v) is 11.1. The van der Waals surface area contributed by atoms with Crippen LogP contribution in [0, 0.1) is 0 Å². The van der Waals surface area contributed by atoms with Crippen LogP contribution in [0.15, 0.2) is 42.0 Å². The second-order valence-electron chi connectivity index (χ2n) is 8.38. The summed E-state index contributed by atoms with van der Waals surface area (Å²) in [7, 11) is 1.41. The van der Waals surface area contributed by atoms with Gasteiger partial charge in [0, 0.05) is 18.7 Å². The summed E-state index contributed by atoms with van der Waals surface area (Å²) >= 11 is 0. The smallest absolute Gasteiger partial charge is 0.295 e. The number of amides is 1. The molecule has 0 radical (unpaired) electrons. The number of hydrogen-bond acceptors (Lipinski definition) is 8. The minimum atomic E-state index is -0.882. The summed E-state index contributed by atoms with van der Waals surface area (Å²) in [5.74, 6) is -0.710. The number of hydrogen-bond donors (Lipinski definition) is 2. The zero-order chi connectivity index (χ0) is 23.8. The molecular formula is C25H25NO8. The van der Waals surface area contributed by atoms with Crippen LogP contribution in [0.3, 0.4) is 0 Å². The van der Waals surface area contributed by atoms with E-state index in [1.165, 1.54) is 18.1 Å². The van der Waals surface area contributed by atoms with Crippen LogP contribution in [0.4, 0.5) is 0 Å². The van der Waals surface area contributed by atoms with Crippen molar-refractivity contribution in [1.82, 2.24) is 4.90 Å². The van der Waals surface area contributed by atoms with Crippen molar-refractivity contribution >= 4 is 17.4 Å². The Morgan fingerprint density at radius 3 is 2.62 bits per heavy atom. The first-order chi connectivity index (χ1) is 16.5. The summed E-state index contributed by atoms with van der Waals surface area (Å²) in [4.78, 5) is 27.8. The Morgan fingerprint density at radius 1 is 1.09 bits per heavy atom. The second-order valence-corrected chi connectivity index (χ2v) is 8.38. The van der Waals surface area contributed by atoms with E-state index >= 15 is 0 Å². The van der Waals surface area contributed by atoms with Crippen molar-refractivity contribution in [3.8, 4) is 23.0 Å². The summed E-state index contributed by atoms with van der Waals surface area (Å²) in [5, 5.41) is 21.3. The van der Waals surface area contributed by atoms with Crippen molar-refractivity contribution in [2.45, 2.75) is 25.0 Å². The summed E-state index contributed by atoms with van der Waals surface area (Å²) in [6.07, 6.45) is 1.45. The third kappa shape index (κ3) is 3.81. The number of carbonyl (C=O) groups excluding carboxylic acids is 2. The van der Waals surface area contributed by atoms with Gasteiger partial charge in [0.25, 0.3) is 11.7 Å². The highest BCUT2D eigenvalue weighted by molar-refractivity contribution is 6.46. The number of carbonyl (C=O) groups is 2. The Morgan fingerprint density at radius 2 is 1.88 bits per heavy atom. The predicted molar refractivity (Wildman–Crippen MR) is 120 cm³/mol. The number of phenolic OH excluding ortho intramolecular Hbond substituents is 1. The summed E-state index contributed by atoms with van der Waals surface area (Å²) in [6, 6.07) is 8.58. The van der Waals surface area contributed by atoms with E-state index in [-0.39, 0.29) is 35.5 Å². The van der Waals surface area contributed by atoms with Gasteiger partial charge in [-0.15, -0.1) is 0 Å². The molecule has 2 atom stereocenters. The van der Waals surface area contributed by atoms with E-state index in [1.54, 1.807) is 30.3 Å². The lowest BCUT2D eigenvalue weighted by atomic mass is 9.94. The standard InChI is InChI=1S/C25H25NO8/c1-31-19-11-14(4-6-17(19)27)22-21(24(29)25(30)26(22)13-16-3-2-8-32-16)23(28)15-5-7-18-20(12-15)34-10-9-33-18/h4-7,11-12,16,22,27-28H,2-3,8-10,13H2,1H3/b23-21-. The SMILES string of the molecule is COc1cc(C2/C(=C(/O)c3ccc4c(c3)OCCO4)C(=O)C(=O)N2CC2CCCO2)ccc1O. The highest BCUT2D eigenvalue weighted by atomic mass is 16.6. The number of fused-ring (bicyclic) bond motifs is 1. The number of phenols is 1. The summed E-state index contributed by atoms with van der Waals surface area (Å²) in [5.41, 5.74) is 0.800. The minimum Gasteiger partial charge on any atom is -0.507 e. The normalized spacial score (nSPS) is 23.4. The maximum Gasteiger partial charge on any atom is 0.295 e. The molecule has 1 amide bonds. The molecule has 3 aliphatic rings. The van der Waals surface area contributed by atoms with Crippen LogP contribution in [-0.4, -0.2) is 66.4 Å². The van der Waals surface area contributed by atoms with Gasteiger partial charge in [-0.05, 0) is 48.7 Å². The molecule has 2 saturated heterocycles. The van der Waals surface area contributed by atoms with Gasteiger partial charge in [-0.3, -0.25) is 9.59 Å². The van der Waals surface area contributed by atoms with Gasteiger partial charge in [0.1, 0.15) is 19.0 Å². The zero-order valence-corrected chi connectivity index (χ0v) is 18.7. The number of aliphatic hydroxyl groups is 1. The zero-order valence-electron chi connectivity index (χ0n) is 18.7. The van der Waals surface area contributed by atoms with Crippen molar-refractivity contribution in [3.05, 3.63) is 53.1 Å². The summed E-state index contributed by atoms with van der Waals surface area (Å²) < 4.78 is 22.1. The third-order valence-corrected chi connectivity index (χ3v) is 6.30. The van der Waals surface area contributed by atoms with Gasteiger partial charge >= 0.3 is 0 Å². The first-order valence-electron chi connectivity index (χ1n) is 11.1. The van der Waals surface area contributed by atoms with Crippen molar-refractivity contribution in [2.24, 2.45) is 0 Å². The number of Topliss-reactive ketones (excluding diaryl/α,β-unsaturated/α-hetero) is 1. The van der Waals surface area contributed by atoms with Gasteiger partial charge < -0.3 is 34.1 Å². The Kier molecular flexibility index (Phi) is 5.79. The van der Waals surface area contributed by atoms with Crippen LogP contribution in [0.1, 0.15) is 30.0 Å². The molecular weight excluding hydrogens is 442 g/mol. The average Bonchev–Trinajstić information content (AvgIpc) is 3.46. The van der Waals surface area contributed by atoms with Crippen LogP contribution >= 0.6 is 0 Å². The molecule has 0 aromatic heterocycles. The van der Waals surface area contributed by atoms with E-state index in [0.717, 1.165) is 12.8 Å². The number of benzene rings is 2.